The van der Waals surface area contributed by atoms with Crippen LogP contribution in [0, 0.1) is 18.7 Å². The van der Waals surface area contributed by atoms with Crippen LogP contribution in [-0.2, 0) is 30.2 Å². The van der Waals surface area contributed by atoms with Crippen LogP contribution in [0.15, 0.2) is 76.9 Å². The number of methoxy groups -OCH3 is 1. The van der Waals surface area contributed by atoms with Gasteiger partial charge in [0.05, 0.1) is 51.2 Å². The maximum Gasteiger partial charge on any atom is 0.410 e. The molecule has 13 rings (SSSR count). The van der Waals surface area contributed by atoms with Crippen molar-refractivity contribution < 1.29 is 56.9 Å². The van der Waals surface area contributed by atoms with Gasteiger partial charge in [-0.1, -0.05) is 68.4 Å². The lowest BCUT2D eigenvalue weighted by molar-refractivity contribution is -0.141. The van der Waals surface area contributed by atoms with Crippen LogP contribution in [0.4, 0.5) is 25.6 Å². The zero-order valence-corrected chi connectivity index (χ0v) is 57.9. The minimum absolute atomic E-state index is 0.00432. The first-order valence-corrected chi connectivity index (χ1v) is 35.1. The van der Waals surface area contributed by atoms with Gasteiger partial charge in [0, 0.05) is 82.7 Å². The van der Waals surface area contributed by atoms with Crippen molar-refractivity contribution in [1.29, 1.82) is 0 Å². The third-order valence-corrected chi connectivity index (χ3v) is 21.5. The van der Waals surface area contributed by atoms with Crippen molar-refractivity contribution >= 4 is 68.6 Å². The molecule has 0 aliphatic carbocycles. The Kier molecular flexibility index (Phi) is 19.1. The monoisotopic (exact) mass is 1350 g/mol. The molecule has 3 aromatic carbocycles. The number of likely N-dealkylation sites (tertiary alicyclic amines) is 1. The van der Waals surface area contributed by atoms with Crippen molar-refractivity contribution in [3.63, 3.8) is 0 Å². The van der Waals surface area contributed by atoms with Gasteiger partial charge in [0.25, 0.3) is 0 Å². The van der Waals surface area contributed by atoms with E-state index in [4.69, 9.17) is 43.2 Å². The number of thiazole rings is 1. The summed E-state index contributed by atoms with van der Waals surface area (Å²) in [6.07, 6.45) is 5.69. The summed E-state index contributed by atoms with van der Waals surface area (Å²) < 4.78 is 53.9. The minimum Gasteiger partial charge on any atom is -0.468 e. The number of benzene rings is 3. The highest BCUT2D eigenvalue weighted by molar-refractivity contribution is 7.13. The van der Waals surface area contributed by atoms with E-state index in [0.717, 1.165) is 83.1 Å². The summed E-state index contributed by atoms with van der Waals surface area (Å²) in [6, 6.07) is 17.6. The Hall–Kier alpha value is -8.26. The molecule has 2 bridgehead atoms. The van der Waals surface area contributed by atoms with Gasteiger partial charge in [-0.3, -0.25) is 24.4 Å². The Morgan fingerprint density at radius 1 is 0.897 bits per heavy atom. The molecular weight excluding hydrogens is 1260 g/mol. The SMILES string of the molecule is CCc1cccc2cc(OCOC)cc(-c3ncc4c(N5CC6CCC(C5)N6C(=O)OC(C)(C)C)nc(OC[C@]56CCCN5[C@H](COC(=O)N5CCN(c7cc([C@H](C(=O)N8C[C@H](O)C[C@H]8C(=O)N[C@@H](C)c8ccc(-c9scnc9C)cc8)C(C)C)on7)C[C@H]5C)CC6)nc4c3F)c12. The summed E-state index contributed by atoms with van der Waals surface area (Å²) in [6.45, 7) is 20.7. The molecule has 7 aromatic rings. The fourth-order valence-corrected chi connectivity index (χ4v) is 16.6. The van der Waals surface area contributed by atoms with E-state index in [2.05, 4.69) is 32.2 Å². The number of hydrogen-bond donors (Lipinski definition) is 2. The van der Waals surface area contributed by atoms with Crippen LogP contribution in [-0.4, -0.2) is 194 Å². The second-order valence-corrected chi connectivity index (χ2v) is 29.3. The summed E-state index contributed by atoms with van der Waals surface area (Å²) >= 11 is 1.58. The zero-order chi connectivity index (χ0) is 68.2. The molecule has 6 fully saturated rings. The van der Waals surface area contributed by atoms with Gasteiger partial charge in [0.2, 0.25) is 11.8 Å². The topological polar surface area (TPSA) is 244 Å². The molecule has 6 saturated heterocycles. The van der Waals surface area contributed by atoms with Gasteiger partial charge in [0.15, 0.2) is 24.2 Å². The fraction of sp³-hybridized carbons (Fsp3) is 0.542. The maximum atomic E-state index is 17.9. The number of rotatable bonds is 19. The summed E-state index contributed by atoms with van der Waals surface area (Å²) in [7, 11) is 1.55. The van der Waals surface area contributed by atoms with E-state index >= 15 is 4.39 Å². The Morgan fingerprint density at radius 3 is 2.39 bits per heavy atom. The third kappa shape index (κ3) is 13.5. The van der Waals surface area contributed by atoms with Crippen LogP contribution in [0.1, 0.15) is 135 Å². The lowest BCUT2D eigenvalue weighted by Gasteiger charge is -2.42. The Morgan fingerprint density at radius 2 is 1.68 bits per heavy atom. The van der Waals surface area contributed by atoms with Gasteiger partial charge in [-0.25, -0.2) is 19.0 Å². The largest absolute Gasteiger partial charge is 0.468 e. The predicted octanol–water partition coefficient (Wildman–Crippen LogP) is 10.8. The lowest BCUT2D eigenvalue weighted by atomic mass is 9.91. The van der Waals surface area contributed by atoms with Crippen molar-refractivity contribution in [1.82, 2.24) is 50.0 Å². The number of fused-ring (bicyclic) bond motifs is 5. The number of carbonyl (C=O) groups is 4. The average Bonchev–Trinajstić information content (AvgIpc) is 1.49. The zero-order valence-electron chi connectivity index (χ0n) is 57.1. The van der Waals surface area contributed by atoms with Crippen LogP contribution in [0.5, 0.6) is 11.8 Å². The number of pyridine rings is 1. The minimum atomic E-state index is -0.881. The van der Waals surface area contributed by atoms with Crippen molar-refractivity contribution in [3.8, 4) is 33.5 Å². The second-order valence-electron chi connectivity index (χ2n) is 28.5. The summed E-state index contributed by atoms with van der Waals surface area (Å²) in [5, 5.41) is 20.6. The molecule has 516 valence electrons. The number of halogens is 1. The Labute approximate surface area is 568 Å². The van der Waals surface area contributed by atoms with Crippen LogP contribution < -0.4 is 24.6 Å². The quantitative estimate of drug-likeness (QED) is 0.0715. The molecule has 4 amide bonds. The van der Waals surface area contributed by atoms with Crippen molar-refractivity contribution in [3.05, 3.63) is 101 Å². The smallest absolute Gasteiger partial charge is 0.410 e. The highest BCUT2D eigenvalue weighted by Crippen LogP contribution is 2.45. The summed E-state index contributed by atoms with van der Waals surface area (Å²) in [5.41, 5.74) is 5.42. The highest BCUT2D eigenvalue weighted by atomic mass is 32.1. The first-order valence-electron chi connectivity index (χ1n) is 34.2. The van der Waals surface area contributed by atoms with E-state index in [1.807, 2.05) is 119 Å². The normalized spacial score (nSPS) is 23.4. The van der Waals surface area contributed by atoms with Crippen LogP contribution in [0.25, 0.3) is 43.4 Å². The van der Waals surface area contributed by atoms with E-state index in [9.17, 15) is 24.3 Å². The van der Waals surface area contributed by atoms with Crippen LogP contribution in [0.3, 0.4) is 0 Å². The van der Waals surface area contributed by atoms with Crippen molar-refractivity contribution in [2.45, 2.75) is 173 Å². The number of hydrogen-bond acceptors (Lipinski definition) is 20. The number of β-amino-alcohol motifs (C(OH)–C–C–N with tert-alkyl or cyclic N) is 1. The lowest BCUT2D eigenvalue weighted by Crippen LogP contribution is -2.57. The number of aryl methyl sites for hydroxylation is 2. The van der Waals surface area contributed by atoms with Gasteiger partial charge in [-0.05, 0) is 139 Å². The van der Waals surface area contributed by atoms with Crippen molar-refractivity contribution in [2.75, 3.05) is 82.7 Å². The summed E-state index contributed by atoms with van der Waals surface area (Å²) in [4.78, 5) is 88.2. The van der Waals surface area contributed by atoms with Crippen LogP contribution in [0.2, 0.25) is 0 Å². The first kappa shape index (κ1) is 67.3. The standard InChI is InChI=1S/C72H89FN12O11S/c1-11-45-14-12-15-48-28-53(94-40-91-10)30-54(60(45)48)62-61(73)63-55(32-74-62)65(81-34-49-20-21-50(35-81)85(49)70(90)95-71(7,8)9)78-68(77-63)93-38-72-23-13-25-84(72)51(22-24-72)37-92-69(89)82-27-26-80(33-42(82)4)58-31-57(96-79-58)59(41(2)3)67(88)83-36-52(86)29-56(83)66(87)76-43(5)46-16-18-47(19-17-46)64-44(6)75-39-97-64/h12,14-19,28,30-32,39,41-43,49-52,56,59,86H,11,13,20-27,29,33-38,40H2,1-10H3,(H,76,87)/t42-,43+,49?,50?,51+,52-,56+,59-,72-/m1/s1. The van der Waals surface area contributed by atoms with E-state index < -0.39 is 41.1 Å². The van der Waals surface area contributed by atoms with Gasteiger partial charge in [-0.2, -0.15) is 9.97 Å². The number of aliphatic hydroxyl groups excluding tert-OH is 1. The molecule has 6 aliphatic rings. The van der Waals surface area contributed by atoms with E-state index in [1.165, 1.54) is 4.90 Å². The molecule has 2 N–H and O–H groups in total. The highest BCUT2D eigenvalue weighted by Gasteiger charge is 2.51. The molecule has 97 heavy (non-hydrogen) atoms. The molecule has 6 aliphatic heterocycles. The van der Waals surface area contributed by atoms with Gasteiger partial charge in [-0.15, -0.1) is 11.3 Å². The maximum absolute atomic E-state index is 17.9. The number of amides is 4. The number of nitrogens with one attached hydrogen (secondary N) is 1. The number of carbonyl (C=O) groups excluding carboxylic acids is 4. The molecule has 0 radical (unpaired) electrons. The molecule has 25 heteroatoms. The molecule has 0 spiro atoms. The van der Waals surface area contributed by atoms with E-state index in [1.54, 1.807) is 41.7 Å². The number of aliphatic hydroxyl groups is 1. The Bertz CT molecular complexity index is 4060. The molecule has 23 nitrogen and oxygen atoms in total. The predicted molar refractivity (Wildman–Crippen MR) is 365 cm³/mol. The van der Waals surface area contributed by atoms with Gasteiger partial charge in [0.1, 0.15) is 53.6 Å². The number of nitrogens with zero attached hydrogens (tertiary/aromatic N) is 11. The second kappa shape index (κ2) is 27.6. The number of aromatic nitrogens is 5. The van der Waals surface area contributed by atoms with Gasteiger partial charge < -0.3 is 58.2 Å². The summed E-state index contributed by atoms with van der Waals surface area (Å²) in [5.74, 6) is -0.443. The van der Waals surface area contributed by atoms with E-state index in [-0.39, 0.29) is 104 Å². The molecule has 4 aromatic heterocycles. The number of anilines is 2. The van der Waals surface area contributed by atoms with Gasteiger partial charge >= 0.3 is 18.2 Å². The van der Waals surface area contributed by atoms with E-state index in [0.29, 0.717) is 73.2 Å². The molecule has 0 saturated carbocycles. The van der Waals surface area contributed by atoms with Crippen molar-refractivity contribution in [2.24, 2.45) is 5.92 Å². The molecule has 10 heterocycles. The average molecular weight is 1350 g/mol. The third-order valence-electron chi connectivity index (χ3n) is 20.5. The molecular formula is C72H89FN12O11S. The Balaban J connectivity index is 0.665. The molecule has 9 atom stereocenters. The first-order chi connectivity index (χ1) is 46.6. The number of piperazine rings is 2. The van der Waals surface area contributed by atoms with Crippen LogP contribution >= 0.6 is 11.3 Å². The molecule has 2 unspecified atom stereocenters. The fourth-order valence-electron chi connectivity index (χ4n) is 15.7. The number of ether oxygens (including phenoxy) is 5.